The van der Waals surface area contributed by atoms with Crippen LogP contribution in [0.15, 0.2) is 42.5 Å². The van der Waals surface area contributed by atoms with Crippen LogP contribution in [0.4, 0.5) is 31.8 Å². The summed E-state index contributed by atoms with van der Waals surface area (Å²) in [5.41, 5.74) is 1.00. The van der Waals surface area contributed by atoms with Crippen molar-refractivity contribution in [3.63, 3.8) is 0 Å². The SMILES string of the molecule is COc1ccc(Cl)cc1Nc1cc(Nc2ccc(F)c(F)c2)nc(C)n1. The van der Waals surface area contributed by atoms with E-state index in [1.807, 2.05) is 0 Å². The molecule has 0 saturated heterocycles. The molecule has 0 aliphatic carbocycles. The van der Waals surface area contributed by atoms with Gasteiger partial charge < -0.3 is 15.4 Å². The molecule has 2 aromatic carbocycles. The van der Waals surface area contributed by atoms with Crippen LogP contribution in [-0.4, -0.2) is 17.1 Å². The molecule has 0 amide bonds. The van der Waals surface area contributed by atoms with E-state index in [9.17, 15) is 8.78 Å². The van der Waals surface area contributed by atoms with E-state index in [2.05, 4.69) is 20.6 Å². The summed E-state index contributed by atoms with van der Waals surface area (Å²) >= 11 is 6.03. The Kier molecular flexibility index (Phi) is 5.18. The highest BCUT2D eigenvalue weighted by Gasteiger charge is 2.09. The van der Waals surface area contributed by atoms with Crippen LogP contribution in [0.1, 0.15) is 5.82 Å². The highest BCUT2D eigenvalue weighted by atomic mass is 35.5. The zero-order valence-corrected chi connectivity index (χ0v) is 14.7. The first kappa shape index (κ1) is 17.9. The Hall–Kier alpha value is -2.93. The lowest BCUT2D eigenvalue weighted by Crippen LogP contribution is -2.02. The van der Waals surface area contributed by atoms with Crippen LogP contribution in [-0.2, 0) is 0 Å². The van der Waals surface area contributed by atoms with Crippen LogP contribution in [0.2, 0.25) is 5.02 Å². The number of hydrogen-bond acceptors (Lipinski definition) is 5. The summed E-state index contributed by atoms with van der Waals surface area (Å²) < 4.78 is 31.7. The third-order valence-electron chi connectivity index (χ3n) is 3.45. The average molecular weight is 377 g/mol. The van der Waals surface area contributed by atoms with Crippen molar-refractivity contribution in [3.05, 3.63) is 64.9 Å². The molecule has 26 heavy (non-hydrogen) atoms. The number of hydrogen-bond donors (Lipinski definition) is 2. The summed E-state index contributed by atoms with van der Waals surface area (Å²) in [5, 5.41) is 6.58. The minimum absolute atomic E-state index is 0.369. The predicted molar refractivity (Wildman–Crippen MR) is 97.7 cm³/mol. The summed E-state index contributed by atoms with van der Waals surface area (Å²) in [4.78, 5) is 8.56. The molecule has 0 spiro atoms. The number of rotatable bonds is 5. The first-order valence-corrected chi connectivity index (χ1v) is 8.01. The van der Waals surface area contributed by atoms with Crippen molar-refractivity contribution >= 4 is 34.6 Å². The van der Waals surface area contributed by atoms with Crippen molar-refractivity contribution < 1.29 is 13.5 Å². The van der Waals surface area contributed by atoms with Gasteiger partial charge in [-0.05, 0) is 37.3 Å². The molecule has 5 nitrogen and oxygen atoms in total. The summed E-state index contributed by atoms with van der Waals surface area (Å²) in [6.07, 6.45) is 0. The average Bonchev–Trinajstić information content (AvgIpc) is 2.58. The molecule has 0 saturated carbocycles. The number of benzene rings is 2. The van der Waals surface area contributed by atoms with Crippen molar-refractivity contribution in [2.24, 2.45) is 0 Å². The number of methoxy groups -OCH3 is 1. The van der Waals surface area contributed by atoms with Gasteiger partial charge in [0.1, 0.15) is 23.2 Å². The summed E-state index contributed by atoms with van der Waals surface area (Å²) in [7, 11) is 1.55. The standard InChI is InChI=1S/C18H15ClF2N4O/c1-10-22-17(24-12-4-5-13(20)14(21)8-12)9-18(23-10)25-15-7-11(19)3-6-16(15)26-2/h3-9H,1-2H3,(H2,22,23,24,25). The van der Waals surface area contributed by atoms with Crippen LogP contribution < -0.4 is 15.4 Å². The fourth-order valence-electron chi connectivity index (χ4n) is 2.33. The van der Waals surface area contributed by atoms with Gasteiger partial charge in [-0.2, -0.15) is 0 Å². The van der Waals surface area contributed by atoms with E-state index in [-0.39, 0.29) is 0 Å². The first-order chi connectivity index (χ1) is 12.4. The first-order valence-electron chi connectivity index (χ1n) is 7.63. The number of anilines is 4. The molecule has 0 bridgehead atoms. The second kappa shape index (κ2) is 7.53. The van der Waals surface area contributed by atoms with E-state index in [4.69, 9.17) is 16.3 Å². The number of aryl methyl sites for hydroxylation is 1. The van der Waals surface area contributed by atoms with Crippen LogP contribution >= 0.6 is 11.6 Å². The van der Waals surface area contributed by atoms with E-state index < -0.39 is 11.6 Å². The summed E-state index contributed by atoms with van der Waals surface area (Å²) in [5.74, 6) is 0.143. The number of halogens is 3. The normalized spacial score (nSPS) is 10.5. The number of nitrogens with zero attached hydrogens (tertiary/aromatic N) is 2. The van der Waals surface area contributed by atoms with Gasteiger partial charge in [0.05, 0.1) is 12.8 Å². The molecule has 2 N–H and O–H groups in total. The molecule has 1 aromatic heterocycles. The molecule has 134 valence electrons. The topological polar surface area (TPSA) is 59.1 Å². The zero-order valence-electron chi connectivity index (χ0n) is 14.0. The minimum atomic E-state index is -0.942. The van der Waals surface area contributed by atoms with E-state index in [0.29, 0.717) is 39.6 Å². The molecular weight excluding hydrogens is 362 g/mol. The monoisotopic (exact) mass is 376 g/mol. The zero-order chi connectivity index (χ0) is 18.7. The Morgan fingerprint density at radius 2 is 1.65 bits per heavy atom. The summed E-state index contributed by atoms with van der Waals surface area (Å²) in [6.45, 7) is 1.72. The predicted octanol–water partition coefficient (Wildman–Crippen LogP) is 5.21. The Balaban J connectivity index is 1.88. The van der Waals surface area contributed by atoms with Gasteiger partial charge in [-0.3, -0.25) is 0 Å². The lowest BCUT2D eigenvalue weighted by molar-refractivity contribution is 0.417. The molecule has 0 atom stereocenters. The number of nitrogens with one attached hydrogen (secondary N) is 2. The third-order valence-corrected chi connectivity index (χ3v) is 3.69. The molecular formula is C18H15ClF2N4O. The van der Waals surface area contributed by atoms with Crippen molar-refractivity contribution in [2.45, 2.75) is 6.92 Å². The molecule has 0 aliphatic rings. The van der Waals surface area contributed by atoms with E-state index in [1.165, 1.54) is 6.07 Å². The number of ether oxygens (including phenoxy) is 1. The second-order valence-corrected chi connectivity index (χ2v) is 5.85. The lowest BCUT2D eigenvalue weighted by atomic mass is 10.3. The van der Waals surface area contributed by atoms with Crippen molar-refractivity contribution in [3.8, 4) is 5.75 Å². The van der Waals surface area contributed by atoms with Gasteiger partial charge >= 0.3 is 0 Å². The van der Waals surface area contributed by atoms with Crippen LogP contribution in [0.25, 0.3) is 0 Å². The molecule has 0 aliphatic heterocycles. The molecule has 8 heteroatoms. The van der Waals surface area contributed by atoms with E-state index in [0.717, 1.165) is 12.1 Å². The van der Waals surface area contributed by atoms with Gasteiger partial charge in [0.2, 0.25) is 0 Å². The Bertz CT molecular complexity index is 952. The van der Waals surface area contributed by atoms with Crippen LogP contribution in [0.3, 0.4) is 0 Å². The maximum absolute atomic E-state index is 13.4. The Labute approximate surface area is 154 Å². The minimum Gasteiger partial charge on any atom is -0.495 e. The van der Waals surface area contributed by atoms with Gasteiger partial charge in [0, 0.05) is 22.8 Å². The van der Waals surface area contributed by atoms with Gasteiger partial charge in [0.25, 0.3) is 0 Å². The van der Waals surface area contributed by atoms with Gasteiger partial charge in [-0.25, -0.2) is 18.7 Å². The van der Waals surface area contributed by atoms with Crippen molar-refractivity contribution in [1.82, 2.24) is 9.97 Å². The van der Waals surface area contributed by atoms with Crippen molar-refractivity contribution in [2.75, 3.05) is 17.7 Å². The third kappa shape index (κ3) is 4.18. The summed E-state index contributed by atoms with van der Waals surface area (Å²) in [6, 6.07) is 10.3. The molecule has 0 radical (unpaired) electrons. The van der Waals surface area contributed by atoms with Crippen molar-refractivity contribution in [1.29, 1.82) is 0 Å². The highest BCUT2D eigenvalue weighted by Crippen LogP contribution is 2.30. The molecule has 3 rings (SSSR count). The number of aromatic nitrogens is 2. The fourth-order valence-corrected chi connectivity index (χ4v) is 2.51. The molecule has 3 aromatic rings. The van der Waals surface area contributed by atoms with E-state index >= 15 is 0 Å². The quantitative estimate of drug-likeness (QED) is 0.640. The van der Waals surface area contributed by atoms with Gasteiger partial charge in [0.15, 0.2) is 11.6 Å². The molecule has 0 unspecified atom stereocenters. The van der Waals surface area contributed by atoms with Crippen LogP contribution in [0.5, 0.6) is 5.75 Å². The molecule has 0 fully saturated rings. The lowest BCUT2D eigenvalue weighted by Gasteiger charge is -2.13. The smallest absolute Gasteiger partial charge is 0.160 e. The van der Waals surface area contributed by atoms with E-state index in [1.54, 1.807) is 38.3 Å². The van der Waals surface area contributed by atoms with Crippen LogP contribution in [0, 0.1) is 18.6 Å². The Morgan fingerprint density at radius 1 is 0.923 bits per heavy atom. The maximum Gasteiger partial charge on any atom is 0.160 e. The largest absolute Gasteiger partial charge is 0.495 e. The van der Waals surface area contributed by atoms with Gasteiger partial charge in [-0.15, -0.1) is 0 Å². The Morgan fingerprint density at radius 3 is 2.35 bits per heavy atom. The fraction of sp³-hybridized carbons (Fsp3) is 0.111. The van der Waals surface area contributed by atoms with Gasteiger partial charge in [-0.1, -0.05) is 11.6 Å². The molecule has 1 heterocycles. The second-order valence-electron chi connectivity index (χ2n) is 5.41. The highest BCUT2D eigenvalue weighted by molar-refractivity contribution is 6.31. The maximum atomic E-state index is 13.4.